The number of halogens is 2. The SMILES string of the molecule is CCCCCCc1noc(N)c1-c1c(Cl)cccc1Cl. The van der Waals surface area contributed by atoms with E-state index >= 15 is 0 Å². The Balaban J connectivity index is 2.29. The zero-order valence-electron chi connectivity index (χ0n) is 11.5. The number of benzene rings is 1. The Morgan fingerprint density at radius 1 is 1.10 bits per heavy atom. The van der Waals surface area contributed by atoms with Crippen molar-refractivity contribution in [3.05, 3.63) is 33.9 Å². The van der Waals surface area contributed by atoms with Gasteiger partial charge in [-0.05, 0) is 25.0 Å². The molecule has 0 bridgehead atoms. The monoisotopic (exact) mass is 312 g/mol. The lowest BCUT2D eigenvalue weighted by Crippen LogP contribution is -1.93. The zero-order valence-corrected chi connectivity index (χ0v) is 13.0. The zero-order chi connectivity index (χ0) is 14.5. The maximum absolute atomic E-state index is 6.24. The Hall–Kier alpha value is -1.19. The summed E-state index contributed by atoms with van der Waals surface area (Å²) < 4.78 is 5.13. The van der Waals surface area contributed by atoms with Crippen LogP contribution < -0.4 is 5.73 Å². The lowest BCUT2D eigenvalue weighted by Gasteiger charge is -2.07. The Labute approximate surface area is 129 Å². The first kappa shape index (κ1) is 15.2. The predicted molar refractivity (Wildman–Crippen MR) is 84.2 cm³/mol. The molecule has 1 heterocycles. The highest BCUT2D eigenvalue weighted by molar-refractivity contribution is 6.39. The van der Waals surface area contributed by atoms with Crippen molar-refractivity contribution in [1.29, 1.82) is 0 Å². The second-order valence-electron chi connectivity index (χ2n) is 4.78. The number of anilines is 1. The van der Waals surface area contributed by atoms with Gasteiger partial charge in [0.2, 0.25) is 5.88 Å². The molecule has 0 unspecified atom stereocenters. The standard InChI is InChI=1S/C15H18Cl2N2O/c1-2-3-4-5-9-12-14(15(18)20-19-12)13-10(16)7-6-8-11(13)17/h6-8H,2-5,9,18H2,1H3. The predicted octanol–water partition coefficient (Wildman–Crippen LogP) is 5.35. The van der Waals surface area contributed by atoms with E-state index in [4.69, 9.17) is 33.5 Å². The van der Waals surface area contributed by atoms with E-state index in [1.54, 1.807) is 18.2 Å². The highest BCUT2D eigenvalue weighted by Crippen LogP contribution is 2.40. The smallest absolute Gasteiger partial charge is 0.230 e. The molecule has 0 aliphatic heterocycles. The van der Waals surface area contributed by atoms with Crippen molar-refractivity contribution in [2.75, 3.05) is 5.73 Å². The molecule has 0 atom stereocenters. The van der Waals surface area contributed by atoms with E-state index in [2.05, 4.69) is 12.1 Å². The average molecular weight is 313 g/mol. The molecule has 2 N–H and O–H groups in total. The lowest BCUT2D eigenvalue weighted by molar-refractivity contribution is 0.426. The van der Waals surface area contributed by atoms with Crippen LogP contribution in [0.5, 0.6) is 0 Å². The van der Waals surface area contributed by atoms with Crippen molar-refractivity contribution in [3.63, 3.8) is 0 Å². The van der Waals surface area contributed by atoms with Gasteiger partial charge in [0.15, 0.2) is 0 Å². The number of nitrogens with zero attached hydrogens (tertiary/aromatic N) is 1. The van der Waals surface area contributed by atoms with Crippen LogP contribution in [0.2, 0.25) is 10.0 Å². The second kappa shape index (κ2) is 7.00. The third kappa shape index (κ3) is 3.28. The van der Waals surface area contributed by atoms with E-state index in [0.717, 1.165) is 24.1 Å². The number of hydrogen-bond donors (Lipinski definition) is 1. The molecule has 3 nitrogen and oxygen atoms in total. The van der Waals surface area contributed by atoms with Crippen LogP contribution in [0.25, 0.3) is 11.1 Å². The van der Waals surface area contributed by atoms with E-state index in [-0.39, 0.29) is 5.88 Å². The number of aryl methyl sites for hydroxylation is 1. The van der Waals surface area contributed by atoms with E-state index in [1.165, 1.54) is 19.3 Å². The van der Waals surface area contributed by atoms with E-state index in [9.17, 15) is 0 Å². The van der Waals surface area contributed by atoms with Crippen molar-refractivity contribution in [2.24, 2.45) is 0 Å². The van der Waals surface area contributed by atoms with Gasteiger partial charge in [-0.1, -0.05) is 60.6 Å². The van der Waals surface area contributed by atoms with Gasteiger partial charge in [0.05, 0.1) is 21.3 Å². The summed E-state index contributed by atoms with van der Waals surface area (Å²) in [5.41, 5.74) is 8.16. The van der Waals surface area contributed by atoms with Crippen molar-refractivity contribution in [2.45, 2.75) is 39.0 Å². The summed E-state index contributed by atoms with van der Waals surface area (Å²) in [5, 5.41) is 5.17. The Morgan fingerprint density at radius 3 is 2.45 bits per heavy atom. The average Bonchev–Trinajstić information content (AvgIpc) is 2.77. The third-order valence-corrected chi connectivity index (χ3v) is 3.90. The molecule has 20 heavy (non-hydrogen) atoms. The fraction of sp³-hybridized carbons (Fsp3) is 0.400. The van der Waals surface area contributed by atoms with Crippen molar-refractivity contribution < 1.29 is 4.52 Å². The summed E-state index contributed by atoms with van der Waals surface area (Å²) in [4.78, 5) is 0. The van der Waals surface area contributed by atoms with E-state index in [0.29, 0.717) is 15.6 Å². The summed E-state index contributed by atoms with van der Waals surface area (Å²) in [6.07, 6.45) is 5.45. The number of hydrogen-bond acceptors (Lipinski definition) is 3. The summed E-state index contributed by atoms with van der Waals surface area (Å²) in [6, 6.07) is 5.38. The molecule has 1 aromatic heterocycles. The van der Waals surface area contributed by atoms with Crippen LogP contribution in [-0.4, -0.2) is 5.16 Å². The second-order valence-corrected chi connectivity index (χ2v) is 5.59. The Morgan fingerprint density at radius 2 is 1.80 bits per heavy atom. The molecule has 0 saturated carbocycles. The van der Waals surface area contributed by atoms with Crippen molar-refractivity contribution >= 4 is 29.1 Å². The molecule has 0 fully saturated rings. The minimum absolute atomic E-state index is 0.269. The van der Waals surface area contributed by atoms with Gasteiger partial charge in [0.25, 0.3) is 0 Å². The molecule has 1 aromatic carbocycles. The molecule has 0 radical (unpaired) electrons. The van der Waals surface area contributed by atoms with Gasteiger partial charge < -0.3 is 10.3 Å². The molecule has 0 spiro atoms. The molecular formula is C15H18Cl2N2O. The van der Waals surface area contributed by atoms with Gasteiger partial charge in [0, 0.05) is 5.56 Å². The van der Waals surface area contributed by atoms with Crippen LogP contribution in [0.1, 0.15) is 38.3 Å². The summed E-state index contributed by atoms with van der Waals surface area (Å²) in [6.45, 7) is 2.18. The van der Waals surface area contributed by atoms with Crippen LogP contribution in [0, 0.1) is 0 Å². The molecular weight excluding hydrogens is 295 g/mol. The maximum Gasteiger partial charge on any atom is 0.230 e. The van der Waals surface area contributed by atoms with E-state index in [1.807, 2.05) is 0 Å². The first-order valence-electron chi connectivity index (χ1n) is 6.83. The van der Waals surface area contributed by atoms with Gasteiger partial charge in [-0.15, -0.1) is 0 Å². The number of rotatable bonds is 6. The normalized spacial score (nSPS) is 10.9. The number of unbranched alkanes of at least 4 members (excludes halogenated alkanes) is 3. The Bertz CT molecular complexity index is 561. The quantitative estimate of drug-likeness (QED) is 0.731. The fourth-order valence-corrected chi connectivity index (χ4v) is 2.82. The summed E-state index contributed by atoms with van der Waals surface area (Å²) in [5.74, 6) is 0.269. The number of aromatic nitrogens is 1. The molecule has 5 heteroatoms. The molecule has 2 aromatic rings. The highest BCUT2D eigenvalue weighted by Gasteiger charge is 2.20. The van der Waals surface area contributed by atoms with E-state index < -0.39 is 0 Å². The van der Waals surface area contributed by atoms with Gasteiger partial charge in [-0.25, -0.2) is 0 Å². The first-order valence-corrected chi connectivity index (χ1v) is 7.59. The number of nitrogens with two attached hydrogens (primary N) is 1. The van der Waals surface area contributed by atoms with Crippen molar-refractivity contribution in [3.8, 4) is 11.1 Å². The van der Waals surface area contributed by atoms with Gasteiger partial charge in [-0.3, -0.25) is 0 Å². The van der Waals surface area contributed by atoms with Crippen LogP contribution in [0.4, 0.5) is 5.88 Å². The van der Waals surface area contributed by atoms with Gasteiger partial charge >= 0.3 is 0 Å². The van der Waals surface area contributed by atoms with Crippen LogP contribution in [0.3, 0.4) is 0 Å². The third-order valence-electron chi connectivity index (χ3n) is 3.27. The molecule has 0 aliphatic rings. The first-order chi connectivity index (χ1) is 9.65. The van der Waals surface area contributed by atoms with Gasteiger partial charge in [-0.2, -0.15) is 0 Å². The largest absolute Gasteiger partial charge is 0.367 e. The molecule has 0 saturated heterocycles. The topological polar surface area (TPSA) is 52.0 Å². The Kier molecular flexibility index (Phi) is 5.32. The fourth-order valence-electron chi connectivity index (χ4n) is 2.23. The molecule has 108 valence electrons. The summed E-state index contributed by atoms with van der Waals surface area (Å²) in [7, 11) is 0. The molecule has 2 rings (SSSR count). The van der Waals surface area contributed by atoms with Crippen LogP contribution in [0.15, 0.2) is 22.7 Å². The minimum atomic E-state index is 0.269. The number of nitrogen functional groups attached to an aromatic ring is 1. The highest BCUT2D eigenvalue weighted by atomic mass is 35.5. The lowest BCUT2D eigenvalue weighted by atomic mass is 10.0. The molecule has 0 amide bonds. The minimum Gasteiger partial charge on any atom is -0.367 e. The molecule has 0 aliphatic carbocycles. The van der Waals surface area contributed by atoms with Crippen LogP contribution in [-0.2, 0) is 6.42 Å². The van der Waals surface area contributed by atoms with Gasteiger partial charge in [0.1, 0.15) is 0 Å². The van der Waals surface area contributed by atoms with Crippen LogP contribution >= 0.6 is 23.2 Å². The van der Waals surface area contributed by atoms with Crippen molar-refractivity contribution in [1.82, 2.24) is 5.16 Å². The summed E-state index contributed by atoms with van der Waals surface area (Å²) >= 11 is 12.5. The maximum atomic E-state index is 6.24.